The fourth-order valence-electron chi connectivity index (χ4n) is 2.67. The number of halogens is 1. The first-order valence-electron chi connectivity index (χ1n) is 8.83. The molecule has 0 bridgehead atoms. The summed E-state index contributed by atoms with van der Waals surface area (Å²) in [5.74, 6) is 0.356. The van der Waals surface area contributed by atoms with Crippen molar-refractivity contribution in [2.24, 2.45) is 0 Å². The number of ether oxygens (including phenoxy) is 2. The summed E-state index contributed by atoms with van der Waals surface area (Å²) in [7, 11) is -3.76. The molecule has 0 aliphatic carbocycles. The first kappa shape index (κ1) is 21.5. The largest absolute Gasteiger partial charge is 0.489 e. The van der Waals surface area contributed by atoms with Crippen LogP contribution in [0.5, 0.6) is 5.75 Å². The zero-order valence-electron chi connectivity index (χ0n) is 15.9. The molecule has 3 aromatic rings. The van der Waals surface area contributed by atoms with Crippen molar-refractivity contribution in [3.8, 4) is 11.4 Å². The summed E-state index contributed by atoms with van der Waals surface area (Å²) in [5.41, 5.74) is 1.26. The number of H-pyrrole nitrogens is 1. The van der Waals surface area contributed by atoms with Crippen LogP contribution >= 0.6 is 23.8 Å². The standard InChI is InChI=1S/C19H20ClN3O4S2/c1-3-26-8-9-27-18-11-15(5-7-17(18)23-12-21-22-19(23)28)29(24,25)14-4-6-16(20)13(2)10-14/h4-7,10-12H,3,8-9H2,1-2H3,(H,22,28). The number of aromatic nitrogens is 3. The lowest BCUT2D eigenvalue weighted by atomic mass is 10.2. The molecular formula is C19H20ClN3O4S2. The predicted octanol–water partition coefficient (Wildman–Crippen LogP) is 4.14. The van der Waals surface area contributed by atoms with Gasteiger partial charge in [0.2, 0.25) is 9.84 Å². The molecule has 1 N–H and O–H groups in total. The summed E-state index contributed by atoms with van der Waals surface area (Å²) < 4.78 is 39.3. The van der Waals surface area contributed by atoms with Gasteiger partial charge in [-0.15, -0.1) is 0 Å². The number of nitrogens with zero attached hydrogens (tertiary/aromatic N) is 2. The molecule has 0 fully saturated rings. The molecule has 0 aliphatic heterocycles. The normalized spacial score (nSPS) is 11.6. The van der Waals surface area contributed by atoms with Crippen LogP contribution in [0.3, 0.4) is 0 Å². The number of benzene rings is 2. The van der Waals surface area contributed by atoms with Crippen molar-refractivity contribution in [3.05, 3.63) is 58.1 Å². The highest BCUT2D eigenvalue weighted by Crippen LogP contribution is 2.31. The molecule has 7 nitrogen and oxygen atoms in total. The van der Waals surface area contributed by atoms with Crippen molar-refractivity contribution >= 4 is 33.7 Å². The molecule has 2 aromatic carbocycles. The van der Waals surface area contributed by atoms with E-state index in [-0.39, 0.29) is 16.4 Å². The van der Waals surface area contributed by atoms with Crippen molar-refractivity contribution in [1.29, 1.82) is 0 Å². The summed E-state index contributed by atoms with van der Waals surface area (Å²) in [5, 5.41) is 7.09. The molecule has 0 aliphatic rings. The fraction of sp³-hybridized carbons (Fsp3) is 0.263. The van der Waals surface area contributed by atoms with Gasteiger partial charge in [0.15, 0.2) is 4.77 Å². The van der Waals surface area contributed by atoms with Gasteiger partial charge in [-0.1, -0.05) is 11.6 Å². The third-order valence-corrected chi connectivity index (χ3v) is 6.64. The Bertz CT molecular complexity index is 1170. The number of nitrogens with one attached hydrogen (secondary N) is 1. The molecule has 0 unspecified atom stereocenters. The lowest BCUT2D eigenvalue weighted by Gasteiger charge is -2.14. The average molecular weight is 454 g/mol. The molecule has 10 heteroatoms. The number of rotatable bonds is 8. The number of hydrogen-bond donors (Lipinski definition) is 1. The monoisotopic (exact) mass is 453 g/mol. The molecule has 0 saturated carbocycles. The second-order valence-corrected chi connectivity index (χ2v) is 8.86. The van der Waals surface area contributed by atoms with E-state index in [0.29, 0.717) is 40.0 Å². The van der Waals surface area contributed by atoms with Crippen LogP contribution < -0.4 is 4.74 Å². The predicted molar refractivity (Wildman–Crippen MR) is 112 cm³/mol. The van der Waals surface area contributed by atoms with Gasteiger partial charge in [-0.05, 0) is 62.0 Å². The minimum Gasteiger partial charge on any atom is -0.489 e. The van der Waals surface area contributed by atoms with Gasteiger partial charge < -0.3 is 9.47 Å². The van der Waals surface area contributed by atoms with Crippen LogP contribution in [0.2, 0.25) is 5.02 Å². The fourth-order valence-corrected chi connectivity index (χ4v) is 4.35. The molecule has 154 valence electrons. The van der Waals surface area contributed by atoms with Crippen molar-refractivity contribution in [2.45, 2.75) is 23.6 Å². The Kier molecular flexibility index (Phi) is 6.74. The first-order valence-corrected chi connectivity index (χ1v) is 11.1. The molecule has 1 heterocycles. The van der Waals surface area contributed by atoms with Gasteiger partial charge in [0.05, 0.1) is 22.1 Å². The van der Waals surface area contributed by atoms with Gasteiger partial charge in [-0.2, -0.15) is 5.10 Å². The van der Waals surface area contributed by atoms with E-state index in [1.165, 1.54) is 24.5 Å². The maximum Gasteiger partial charge on any atom is 0.206 e. The molecule has 0 atom stereocenters. The third kappa shape index (κ3) is 4.69. The van der Waals surface area contributed by atoms with Crippen molar-refractivity contribution < 1.29 is 17.9 Å². The van der Waals surface area contributed by atoms with E-state index in [1.807, 2.05) is 6.92 Å². The molecular weight excluding hydrogens is 434 g/mol. The molecule has 0 radical (unpaired) electrons. The molecule has 0 amide bonds. The smallest absolute Gasteiger partial charge is 0.206 e. The summed E-state index contributed by atoms with van der Waals surface area (Å²) in [6.45, 7) is 4.84. The van der Waals surface area contributed by atoms with E-state index in [2.05, 4.69) is 10.2 Å². The lowest BCUT2D eigenvalue weighted by Crippen LogP contribution is -2.10. The number of sulfone groups is 1. The second-order valence-electron chi connectivity index (χ2n) is 6.12. The maximum atomic E-state index is 13.1. The highest BCUT2D eigenvalue weighted by atomic mass is 35.5. The quantitative estimate of drug-likeness (QED) is 0.407. The number of hydrogen-bond acceptors (Lipinski definition) is 6. The van der Waals surface area contributed by atoms with E-state index in [9.17, 15) is 8.42 Å². The second kappa shape index (κ2) is 9.08. The highest BCUT2D eigenvalue weighted by molar-refractivity contribution is 7.91. The Morgan fingerprint density at radius 2 is 1.90 bits per heavy atom. The molecule has 1 aromatic heterocycles. The topological polar surface area (TPSA) is 86.2 Å². The van der Waals surface area contributed by atoms with Crippen LogP contribution in [0.25, 0.3) is 5.69 Å². The summed E-state index contributed by atoms with van der Waals surface area (Å²) in [4.78, 5) is 0.261. The Morgan fingerprint density at radius 1 is 1.17 bits per heavy atom. The van der Waals surface area contributed by atoms with Crippen molar-refractivity contribution in [1.82, 2.24) is 14.8 Å². The number of aromatic amines is 1. The SMILES string of the molecule is CCOCCOc1cc(S(=O)(=O)c2ccc(Cl)c(C)c2)ccc1-n1cn[nH]c1=S. The van der Waals surface area contributed by atoms with Gasteiger partial charge in [-0.3, -0.25) is 9.67 Å². The van der Waals surface area contributed by atoms with Gasteiger partial charge in [0.25, 0.3) is 0 Å². The van der Waals surface area contributed by atoms with E-state index in [0.717, 1.165) is 0 Å². The Labute approximate surface area is 179 Å². The lowest BCUT2D eigenvalue weighted by molar-refractivity contribution is 0.110. The summed E-state index contributed by atoms with van der Waals surface area (Å²) in [6, 6.07) is 9.24. The Morgan fingerprint density at radius 3 is 2.55 bits per heavy atom. The van der Waals surface area contributed by atoms with E-state index < -0.39 is 9.84 Å². The van der Waals surface area contributed by atoms with Crippen molar-refractivity contribution in [3.63, 3.8) is 0 Å². The molecule has 3 rings (SSSR count). The molecule has 0 saturated heterocycles. The van der Waals surface area contributed by atoms with Gasteiger partial charge in [-0.25, -0.2) is 8.42 Å². The van der Waals surface area contributed by atoms with E-state index >= 15 is 0 Å². The van der Waals surface area contributed by atoms with Crippen LogP contribution in [0.1, 0.15) is 12.5 Å². The first-order chi connectivity index (χ1) is 13.8. The summed E-state index contributed by atoms with van der Waals surface area (Å²) >= 11 is 11.3. The number of aryl methyl sites for hydroxylation is 1. The minimum atomic E-state index is -3.76. The summed E-state index contributed by atoms with van der Waals surface area (Å²) in [6.07, 6.45) is 1.50. The van der Waals surface area contributed by atoms with E-state index in [4.69, 9.17) is 33.3 Å². The van der Waals surface area contributed by atoms with Crippen LogP contribution in [-0.4, -0.2) is 43.0 Å². The Balaban J connectivity index is 2.04. The van der Waals surface area contributed by atoms with Gasteiger partial charge >= 0.3 is 0 Å². The molecule has 29 heavy (non-hydrogen) atoms. The van der Waals surface area contributed by atoms with Crippen LogP contribution in [0.15, 0.2) is 52.5 Å². The van der Waals surface area contributed by atoms with Gasteiger partial charge in [0.1, 0.15) is 18.7 Å². The maximum absolute atomic E-state index is 13.1. The molecule has 0 spiro atoms. The zero-order valence-corrected chi connectivity index (χ0v) is 18.3. The van der Waals surface area contributed by atoms with Crippen LogP contribution in [-0.2, 0) is 14.6 Å². The van der Waals surface area contributed by atoms with Crippen LogP contribution in [0.4, 0.5) is 0 Å². The Hall–Kier alpha value is -2.20. The minimum absolute atomic E-state index is 0.101. The van der Waals surface area contributed by atoms with Crippen molar-refractivity contribution in [2.75, 3.05) is 19.8 Å². The highest BCUT2D eigenvalue weighted by Gasteiger charge is 2.21. The average Bonchev–Trinajstić information content (AvgIpc) is 3.12. The third-order valence-electron chi connectivity index (χ3n) is 4.18. The van der Waals surface area contributed by atoms with Crippen LogP contribution in [0, 0.1) is 11.7 Å². The zero-order chi connectivity index (χ0) is 21.0. The van der Waals surface area contributed by atoms with Gasteiger partial charge in [0, 0.05) is 17.7 Å². The van der Waals surface area contributed by atoms with E-state index in [1.54, 1.807) is 29.7 Å².